The molecule has 1 fully saturated rings. The molecular weight excluding hydrogens is 168 g/mol. The van der Waals surface area contributed by atoms with Gasteiger partial charge in [-0.15, -0.1) is 0 Å². The van der Waals surface area contributed by atoms with Crippen LogP contribution in [0.15, 0.2) is 30.3 Å². The Kier molecular flexibility index (Phi) is 1.87. The third kappa shape index (κ3) is 1.72. The molecule has 1 aromatic carbocycles. The minimum atomic E-state index is -2.51. The predicted octanol–water partition coefficient (Wildman–Crippen LogP) is 0.421. The third-order valence-electron chi connectivity index (χ3n) is 2.52. The molecule has 2 atom stereocenters. The minimum absolute atomic E-state index is 0.0844. The quantitative estimate of drug-likeness (QED) is 0.578. The second-order valence-electron chi connectivity index (χ2n) is 3.55. The topological polar surface area (TPSA) is 60.7 Å². The zero-order chi connectivity index (χ0) is 9.47. The maximum Gasteiger partial charge on any atom is 0.278 e. The van der Waals surface area contributed by atoms with Crippen LogP contribution < -0.4 is 0 Å². The van der Waals surface area contributed by atoms with Gasteiger partial charge >= 0.3 is 0 Å². The molecule has 0 heterocycles. The molecule has 1 aromatic rings. The van der Waals surface area contributed by atoms with Gasteiger partial charge in [0, 0.05) is 5.92 Å². The lowest BCUT2D eigenvalue weighted by molar-refractivity contribution is -0.325. The maximum atomic E-state index is 8.90. The van der Waals surface area contributed by atoms with Crippen LogP contribution in [0.1, 0.15) is 17.9 Å². The van der Waals surface area contributed by atoms with Crippen LogP contribution in [0.3, 0.4) is 0 Å². The van der Waals surface area contributed by atoms with E-state index in [9.17, 15) is 0 Å². The van der Waals surface area contributed by atoms with Crippen LogP contribution in [0.25, 0.3) is 0 Å². The summed E-state index contributed by atoms with van der Waals surface area (Å²) < 4.78 is 0. The summed E-state index contributed by atoms with van der Waals surface area (Å²) in [6.07, 6.45) is 0.632. The first kappa shape index (κ1) is 8.69. The van der Waals surface area contributed by atoms with E-state index in [0.29, 0.717) is 6.42 Å². The standard InChI is InChI=1S/C10H12O3/c11-10(12,13)9-6-8(9)7-4-2-1-3-5-7/h1-5,8-9,11-13H,6H2. The van der Waals surface area contributed by atoms with Crippen LogP contribution >= 0.6 is 0 Å². The molecule has 70 valence electrons. The Morgan fingerprint density at radius 2 is 1.69 bits per heavy atom. The van der Waals surface area contributed by atoms with Crippen molar-refractivity contribution >= 4 is 0 Å². The fraction of sp³-hybridized carbons (Fsp3) is 0.400. The second-order valence-corrected chi connectivity index (χ2v) is 3.55. The molecule has 13 heavy (non-hydrogen) atoms. The van der Waals surface area contributed by atoms with Crippen LogP contribution in [0.2, 0.25) is 0 Å². The highest BCUT2D eigenvalue weighted by molar-refractivity contribution is 5.26. The number of hydrogen-bond acceptors (Lipinski definition) is 3. The number of aliphatic hydroxyl groups is 3. The Morgan fingerprint density at radius 1 is 1.08 bits per heavy atom. The largest absolute Gasteiger partial charge is 0.343 e. The van der Waals surface area contributed by atoms with E-state index >= 15 is 0 Å². The van der Waals surface area contributed by atoms with Crippen molar-refractivity contribution in [2.75, 3.05) is 0 Å². The molecule has 0 aliphatic heterocycles. The molecule has 0 aromatic heterocycles. The Hall–Kier alpha value is -0.900. The van der Waals surface area contributed by atoms with Crippen molar-refractivity contribution in [3.8, 4) is 0 Å². The van der Waals surface area contributed by atoms with Gasteiger partial charge in [-0.3, -0.25) is 0 Å². The van der Waals surface area contributed by atoms with E-state index < -0.39 is 11.9 Å². The summed E-state index contributed by atoms with van der Waals surface area (Å²) >= 11 is 0. The van der Waals surface area contributed by atoms with Crippen LogP contribution in [0, 0.1) is 5.92 Å². The number of benzene rings is 1. The monoisotopic (exact) mass is 180 g/mol. The van der Waals surface area contributed by atoms with E-state index in [1.165, 1.54) is 0 Å². The molecule has 1 aliphatic rings. The third-order valence-corrected chi connectivity index (χ3v) is 2.52. The van der Waals surface area contributed by atoms with Crippen molar-refractivity contribution in [1.82, 2.24) is 0 Å². The first-order valence-corrected chi connectivity index (χ1v) is 4.31. The first-order chi connectivity index (χ1) is 6.09. The molecule has 3 N–H and O–H groups in total. The summed E-state index contributed by atoms with van der Waals surface area (Å²) in [5, 5.41) is 26.7. The van der Waals surface area contributed by atoms with Gasteiger partial charge in [0.25, 0.3) is 5.97 Å². The minimum Gasteiger partial charge on any atom is -0.343 e. The lowest BCUT2D eigenvalue weighted by atomic mass is 10.1. The van der Waals surface area contributed by atoms with Crippen molar-refractivity contribution < 1.29 is 15.3 Å². The molecule has 1 aliphatic carbocycles. The first-order valence-electron chi connectivity index (χ1n) is 4.31. The van der Waals surface area contributed by atoms with E-state index in [4.69, 9.17) is 15.3 Å². The van der Waals surface area contributed by atoms with Crippen molar-refractivity contribution in [2.45, 2.75) is 18.3 Å². The molecule has 0 bridgehead atoms. The normalized spacial score (nSPS) is 27.3. The molecule has 2 rings (SSSR count). The molecule has 3 heteroatoms. The van der Waals surface area contributed by atoms with E-state index in [0.717, 1.165) is 5.56 Å². The van der Waals surface area contributed by atoms with Gasteiger partial charge in [-0.05, 0) is 17.9 Å². The highest BCUT2D eigenvalue weighted by atomic mass is 16.7. The Balaban J connectivity index is 2.09. The second kappa shape index (κ2) is 2.80. The van der Waals surface area contributed by atoms with Gasteiger partial charge in [0.05, 0.1) is 0 Å². The molecule has 2 unspecified atom stereocenters. The fourth-order valence-corrected chi connectivity index (χ4v) is 1.69. The Labute approximate surface area is 76.3 Å². The average molecular weight is 180 g/mol. The van der Waals surface area contributed by atoms with Crippen molar-refractivity contribution in [1.29, 1.82) is 0 Å². The van der Waals surface area contributed by atoms with Crippen LogP contribution in [-0.4, -0.2) is 21.3 Å². The van der Waals surface area contributed by atoms with Gasteiger partial charge in [0.1, 0.15) is 0 Å². The summed E-state index contributed by atoms with van der Waals surface area (Å²) in [5.41, 5.74) is 1.05. The van der Waals surface area contributed by atoms with Crippen LogP contribution in [0.5, 0.6) is 0 Å². The van der Waals surface area contributed by atoms with E-state index in [2.05, 4.69) is 0 Å². The Bertz CT molecular complexity index is 289. The number of rotatable bonds is 2. The lowest BCUT2D eigenvalue weighted by Gasteiger charge is -2.13. The summed E-state index contributed by atoms with van der Waals surface area (Å²) in [6, 6.07) is 9.56. The SMILES string of the molecule is OC(O)(O)C1CC1c1ccccc1. The smallest absolute Gasteiger partial charge is 0.278 e. The molecule has 0 spiro atoms. The van der Waals surface area contributed by atoms with Gasteiger partial charge in [0.15, 0.2) is 0 Å². The zero-order valence-corrected chi connectivity index (χ0v) is 7.09. The van der Waals surface area contributed by atoms with E-state index in [1.807, 2.05) is 30.3 Å². The van der Waals surface area contributed by atoms with Crippen molar-refractivity contribution in [3.63, 3.8) is 0 Å². The van der Waals surface area contributed by atoms with Gasteiger partial charge in [-0.2, -0.15) is 0 Å². The molecule has 1 saturated carbocycles. The summed E-state index contributed by atoms with van der Waals surface area (Å²) in [6.45, 7) is 0. The number of hydrogen-bond donors (Lipinski definition) is 3. The molecule has 3 nitrogen and oxygen atoms in total. The van der Waals surface area contributed by atoms with Gasteiger partial charge in [0.2, 0.25) is 0 Å². The zero-order valence-electron chi connectivity index (χ0n) is 7.09. The highest BCUT2D eigenvalue weighted by Gasteiger charge is 2.51. The van der Waals surface area contributed by atoms with Gasteiger partial charge < -0.3 is 15.3 Å². The van der Waals surface area contributed by atoms with E-state index in [1.54, 1.807) is 0 Å². The highest BCUT2D eigenvalue weighted by Crippen LogP contribution is 2.51. The van der Waals surface area contributed by atoms with Crippen molar-refractivity contribution in [2.24, 2.45) is 5.92 Å². The summed E-state index contributed by atoms with van der Waals surface area (Å²) in [7, 11) is 0. The van der Waals surface area contributed by atoms with Crippen molar-refractivity contribution in [3.05, 3.63) is 35.9 Å². The summed E-state index contributed by atoms with van der Waals surface area (Å²) in [5.74, 6) is -2.86. The van der Waals surface area contributed by atoms with Gasteiger partial charge in [-0.25, -0.2) is 0 Å². The van der Waals surface area contributed by atoms with Gasteiger partial charge in [-0.1, -0.05) is 30.3 Å². The van der Waals surface area contributed by atoms with E-state index in [-0.39, 0.29) is 5.92 Å². The molecule has 0 amide bonds. The van der Waals surface area contributed by atoms with Crippen LogP contribution in [0.4, 0.5) is 0 Å². The molecule has 0 radical (unpaired) electrons. The average Bonchev–Trinajstić information content (AvgIpc) is 2.83. The molecular formula is C10H12O3. The predicted molar refractivity (Wildman–Crippen MR) is 46.7 cm³/mol. The maximum absolute atomic E-state index is 8.90. The van der Waals surface area contributed by atoms with Crippen LogP contribution in [-0.2, 0) is 0 Å². The fourth-order valence-electron chi connectivity index (χ4n) is 1.69. The summed E-state index contributed by atoms with van der Waals surface area (Å²) in [4.78, 5) is 0. The molecule has 0 saturated heterocycles. The lowest BCUT2D eigenvalue weighted by Crippen LogP contribution is -2.30. The Morgan fingerprint density at radius 3 is 2.15 bits per heavy atom.